The zero-order valence-corrected chi connectivity index (χ0v) is 12.8. The van der Waals surface area contributed by atoms with Crippen LogP contribution in [0.25, 0.3) is 0 Å². The number of hydrogen-bond acceptors (Lipinski definition) is 6. The van der Waals surface area contributed by atoms with Crippen LogP contribution in [0.4, 0.5) is 5.82 Å². The Bertz CT molecular complexity index is 498. The van der Waals surface area contributed by atoms with Crippen LogP contribution in [0.5, 0.6) is 0 Å². The fourth-order valence-electron chi connectivity index (χ4n) is 2.19. The van der Waals surface area contributed by atoms with Gasteiger partial charge < -0.3 is 4.74 Å². The van der Waals surface area contributed by atoms with Gasteiger partial charge in [-0.25, -0.2) is 0 Å². The predicted molar refractivity (Wildman–Crippen MR) is 81.4 cm³/mol. The molecule has 6 nitrogen and oxygen atoms in total. The molecule has 1 aromatic heterocycles. The largest absolute Gasteiger partial charge is 0.462 e. The van der Waals surface area contributed by atoms with E-state index in [4.69, 9.17) is 16.3 Å². The summed E-state index contributed by atoms with van der Waals surface area (Å²) in [6.07, 6.45) is 5.71. The lowest BCUT2D eigenvalue weighted by molar-refractivity contribution is -0.148. The van der Waals surface area contributed by atoms with Crippen molar-refractivity contribution in [3.8, 4) is 0 Å². The van der Waals surface area contributed by atoms with Gasteiger partial charge in [0.25, 0.3) is 0 Å². The minimum atomic E-state index is -0.229. The van der Waals surface area contributed by atoms with E-state index in [0.29, 0.717) is 16.7 Å². The Morgan fingerprint density at radius 2 is 2.14 bits per heavy atom. The topological polar surface area (TPSA) is 76.5 Å². The smallest absolute Gasteiger partial charge is 0.311 e. The molecule has 1 saturated carbocycles. The van der Waals surface area contributed by atoms with E-state index in [1.165, 1.54) is 6.42 Å². The summed E-state index contributed by atoms with van der Waals surface area (Å²) in [7, 11) is 0. The minimum Gasteiger partial charge on any atom is -0.462 e. The number of anilines is 1. The van der Waals surface area contributed by atoms with Crippen LogP contribution in [0.2, 0.25) is 5.15 Å². The molecule has 0 radical (unpaired) electrons. The minimum absolute atomic E-state index is 0.0779. The second-order valence-electron chi connectivity index (χ2n) is 5.13. The average Bonchev–Trinajstić information content (AvgIpc) is 2.47. The summed E-state index contributed by atoms with van der Waals surface area (Å²) in [5, 5.41) is 11.9. The Morgan fingerprint density at radius 1 is 1.38 bits per heavy atom. The monoisotopic (exact) mass is 310 g/mol. The van der Waals surface area contributed by atoms with Crippen molar-refractivity contribution >= 4 is 29.1 Å². The van der Waals surface area contributed by atoms with Crippen molar-refractivity contribution in [2.45, 2.75) is 51.6 Å². The Balaban J connectivity index is 1.76. The molecule has 0 spiro atoms. The lowest BCUT2D eigenvalue weighted by atomic mass is 9.98. The van der Waals surface area contributed by atoms with Crippen molar-refractivity contribution in [2.75, 3.05) is 5.43 Å². The maximum atomic E-state index is 11.8. The van der Waals surface area contributed by atoms with E-state index in [-0.39, 0.29) is 18.5 Å². The Kier molecular flexibility index (Phi) is 5.92. The predicted octanol–water partition coefficient (Wildman–Crippen LogP) is 3.18. The van der Waals surface area contributed by atoms with Crippen LogP contribution in [-0.4, -0.2) is 28.0 Å². The van der Waals surface area contributed by atoms with Crippen molar-refractivity contribution in [2.24, 2.45) is 5.10 Å². The van der Waals surface area contributed by atoms with E-state index in [1.807, 2.05) is 0 Å². The van der Waals surface area contributed by atoms with Gasteiger partial charge >= 0.3 is 5.97 Å². The highest BCUT2D eigenvalue weighted by Gasteiger charge is 2.17. The van der Waals surface area contributed by atoms with E-state index < -0.39 is 0 Å². The molecule has 0 bridgehead atoms. The van der Waals surface area contributed by atoms with E-state index in [0.717, 1.165) is 25.7 Å². The molecule has 1 aromatic rings. The second kappa shape index (κ2) is 7.93. The van der Waals surface area contributed by atoms with Gasteiger partial charge in [-0.2, -0.15) is 5.10 Å². The van der Waals surface area contributed by atoms with Crippen molar-refractivity contribution in [3.05, 3.63) is 17.3 Å². The van der Waals surface area contributed by atoms with Gasteiger partial charge in [-0.1, -0.05) is 18.0 Å². The standard InChI is InChI=1S/C14H19ClN4O2/c1-10(16-18-13-8-7-12(15)17-19-13)9-14(20)21-11-5-3-2-4-6-11/h7-8,11H,2-6,9H2,1H3,(H,18,19)/b16-10-. The molecule has 0 atom stereocenters. The van der Waals surface area contributed by atoms with Crippen molar-refractivity contribution < 1.29 is 9.53 Å². The summed E-state index contributed by atoms with van der Waals surface area (Å²) in [6.45, 7) is 1.76. The molecule has 0 amide bonds. The molecule has 7 heteroatoms. The van der Waals surface area contributed by atoms with Gasteiger partial charge in [0.1, 0.15) is 6.10 Å². The number of aromatic nitrogens is 2. The highest BCUT2D eigenvalue weighted by Crippen LogP contribution is 2.20. The molecular formula is C14H19ClN4O2. The van der Waals surface area contributed by atoms with E-state index in [2.05, 4.69) is 20.7 Å². The van der Waals surface area contributed by atoms with Crippen LogP contribution in [0, 0.1) is 0 Å². The average molecular weight is 311 g/mol. The zero-order chi connectivity index (χ0) is 15.1. The molecule has 114 valence electrons. The van der Waals surface area contributed by atoms with Crippen LogP contribution in [0.1, 0.15) is 45.4 Å². The van der Waals surface area contributed by atoms with Crippen LogP contribution < -0.4 is 5.43 Å². The molecule has 0 saturated heterocycles. The number of carbonyl (C=O) groups excluding carboxylic acids is 1. The number of halogens is 1. The first kappa shape index (κ1) is 15.7. The molecule has 0 aromatic carbocycles. The highest BCUT2D eigenvalue weighted by atomic mass is 35.5. The summed E-state index contributed by atoms with van der Waals surface area (Å²) >= 11 is 5.64. The van der Waals surface area contributed by atoms with Crippen molar-refractivity contribution in [1.29, 1.82) is 0 Å². The number of nitrogens with one attached hydrogen (secondary N) is 1. The molecule has 21 heavy (non-hydrogen) atoms. The van der Waals surface area contributed by atoms with Gasteiger partial charge in [-0.05, 0) is 44.7 Å². The van der Waals surface area contributed by atoms with Gasteiger partial charge in [0.2, 0.25) is 0 Å². The van der Waals surface area contributed by atoms with E-state index in [9.17, 15) is 4.79 Å². The van der Waals surface area contributed by atoms with Crippen molar-refractivity contribution in [1.82, 2.24) is 10.2 Å². The number of rotatable bonds is 5. The maximum Gasteiger partial charge on any atom is 0.311 e. The van der Waals surface area contributed by atoms with Crippen LogP contribution in [0.3, 0.4) is 0 Å². The van der Waals surface area contributed by atoms with Crippen LogP contribution >= 0.6 is 11.6 Å². The summed E-state index contributed by atoms with van der Waals surface area (Å²) in [5.74, 6) is 0.242. The lowest BCUT2D eigenvalue weighted by Crippen LogP contribution is -2.22. The molecule has 2 rings (SSSR count). The summed E-state index contributed by atoms with van der Waals surface area (Å²) < 4.78 is 5.44. The molecule has 0 unspecified atom stereocenters. The fourth-order valence-corrected chi connectivity index (χ4v) is 2.29. The number of carbonyl (C=O) groups is 1. The fraction of sp³-hybridized carbons (Fsp3) is 0.571. The summed E-state index contributed by atoms with van der Waals surface area (Å²) in [5.41, 5.74) is 3.36. The van der Waals surface area contributed by atoms with Gasteiger partial charge in [-0.15, -0.1) is 10.2 Å². The van der Waals surface area contributed by atoms with Gasteiger partial charge in [0, 0.05) is 5.71 Å². The third-order valence-corrected chi connectivity index (χ3v) is 3.45. The first-order valence-corrected chi connectivity index (χ1v) is 7.49. The highest BCUT2D eigenvalue weighted by molar-refractivity contribution is 6.29. The number of esters is 1. The molecule has 1 fully saturated rings. The molecule has 0 aliphatic heterocycles. The van der Waals surface area contributed by atoms with Gasteiger partial charge in [0.15, 0.2) is 11.0 Å². The first-order valence-electron chi connectivity index (χ1n) is 7.11. The molecule has 1 aliphatic carbocycles. The second-order valence-corrected chi connectivity index (χ2v) is 5.51. The third-order valence-electron chi connectivity index (χ3n) is 3.24. The lowest BCUT2D eigenvalue weighted by Gasteiger charge is -2.21. The van der Waals surface area contributed by atoms with Crippen LogP contribution in [-0.2, 0) is 9.53 Å². The quantitative estimate of drug-likeness (QED) is 0.513. The molecular weight excluding hydrogens is 292 g/mol. The van der Waals surface area contributed by atoms with E-state index >= 15 is 0 Å². The number of nitrogens with zero attached hydrogens (tertiary/aromatic N) is 3. The van der Waals surface area contributed by atoms with Crippen LogP contribution in [0.15, 0.2) is 17.2 Å². The SMILES string of the molecule is C/C(CC(=O)OC1CCCCC1)=N/Nc1ccc(Cl)nn1. The van der Waals surface area contributed by atoms with Crippen molar-refractivity contribution in [3.63, 3.8) is 0 Å². The zero-order valence-electron chi connectivity index (χ0n) is 12.0. The number of ether oxygens (including phenoxy) is 1. The summed E-state index contributed by atoms with van der Waals surface area (Å²) in [6, 6.07) is 3.27. The molecule has 1 N–H and O–H groups in total. The Morgan fingerprint density at radius 3 is 2.81 bits per heavy atom. The van der Waals surface area contributed by atoms with E-state index in [1.54, 1.807) is 19.1 Å². The molecule has 1 aliphatic rings. The Labute approximate surface area is 128 Å². The first-order chi connectivity index (χ1) is 10.1. The molecule has 1 heterocycles. The number of hydrazone groups is 1. The summed E-state index contributed by atoms with van der Waals surface area (Å²) in [4.78, 5) is 11.8. The maximum absolute atomic E-state index is 11.8. The van der Waals surface area contributed by atoms with Gasteiger partial charge in [-0.3, -0.25) is 10.2 Å². The third kappa shape index (κ3) is 5.67. The number of hydrogen-bond donors (Lipinski definition) is 1. The Hall–Kier alpha value is -1.69. The van der Waals surface area contributed by atoms with Gasteiger partial charge in [0.05, 0.1) is 6.42 Å². The normalized spacial score (nSPS) is 16.6.